The van der Waals surface area contributed by atoms with Crippen molar-refractivity contribution in [1.29, 1.82) is 0 Å². The average Bonchev–Trinajstić information content (AvgIpc) is 3.24. The minimum absolute atomic E-state index is 0.297. The second-order valence-corrected chi connectivity index (χ2v) is 6.97. The van der Waals surface area contributed by atoms with Gasteiger partial charge in [-0.25, -0.2) is 4.79 Å². The Morgan fingerprint density at radius 1 is 1.03 bits per heavy atom. The maximum atomic E-state index is 11.9. The van der Waals surface area contributed by atoms with Crippen molar-refractivity contribution in [1.82, 2.24) is 4.57 Å². The van der Waals surface area contributed by atoms with Crippen LogP contribution in [0.2, 0.25) is 0 Å². The first-order chi connectivity index (χ1) is 15.5. The first kappa shape index (κ1) is 22.7. The summed E-state index contributed by atoms with van der Waals surface area (Å²) in [5.41, 5.74) is 3.94. The smallest absolute Gasteiger partial charge is 0.338 e. The summed E-state index contributed by atoms with van der Waals surface area (Å²) in [5.74, 6) is 2.80. The second kappa shape index (κ2) is 10.9. The van der Waals surface area contributed by atoms with E-state index in [1.54, 1.807) is 19.1 Å². The van der Waals surface area contributed by atoms with Crippen LogP contribution in [-0.2, 0) is 14.3 Å². The van der Waals surface area contributed by atoms with Gasteiger partial charge in [0.1, 0.15) is 5.75 Å². The van der Waals surface area contributed by atoms with Crippen LogP contribution >= 0.6 is 0 Å². The van der Waals surface area contributed by atoms with Crippen molar-refractivity contribution >= 4 is 11.9 Å². The molecule has 0 unspecified atom stereocenters. The summed E-state index contributed by atoms with van der Waals surface area (Å²) in [6, 6.07) is 14.8. The van der Waals surface area contributed by atoms with E-state index in [4.69, 9.17) is 20.6 Å². The largest absolute Gasteiger partial charge is 0.493 e. The lowest BCUT2D eigenvalue weighted by atomic mass is 10.1. The molecule has 0 fully saturated rings. The third-order valence-electron chi connectivity index (χ3n) is 4.67. The normalized spacial score (nSPS) is 10.3. The lowest BCUT2D eigenvalue weighted by Crippen LogP contribution is -2.05. The van der Waals surface area contributed by atoms with Crippen LogP contribution in [0.5, 0.6) is 5.75 Å². The summed E-state index contributed by atoms with van der Waals surface area (Å²) in [6.07, 6.45) is 10.2. The van der Waals surface area contributed by atoms with E-state index in [1.807, 2.05) is 53.4 Å². The van der Waals surface area contributed by atoms with Gasteiger partial charge in [0.15, 0.2) is 0 Å². The van der Waals surface area contributed by atoms with Crippen molar-refractivity contribution < 1.29 is 23.8 Å². The van der Waals surface area contributed by atoms with Crippen LogP contribution in [0.25, 0.3) is 16.8 Å². The highest BCUT2D eigenvalue weighted by Gasteiger charge is 2.11. The number of carbonyl (C=O) groups excluding carboxylic acids is 2. The monoisotopic (exact) mass is 431 g/mol. The first-order valence-corrected chi connectivity index (χ1v) is 10.3. The Morgan fingerprint density at radius 3 is 2.50 bits per heavy atom. The molecule has 164 valence electrons. The van der Waals surface area contributed by atoms with Gasteiger partial charge in [-0.05, 0) is 48.9 Å². The van der Waals surface area contributed by atoms with Crippen LogP contribution in [0.3, 0.4) is 0 Å². The van der Waals surface area contributed by atoms with Gasteiger partial charge in [-0.15, -0.1) is 6.42 Å². The van der Waals surface area contributed by atoms with E-state index in [0.29, 0.717) is 37.6 Å². The molecule has 0 aliphatic rings. The number of aromatic nitrogens is 1. The standard InChI is InChI=1S/C26H25NO5/c1-4-20-17-27(23-12-10-21(11-13-23)26(29)30-5-2)18-25(20)22-8-6-9-24(16-22)32-15-7-14-31-19(3)28/h1,6,8-13,16-18H,5,7,14-15H2,2-3H3. The number of ether oxygens (including phenoxy) is 3. The van der Waals surface area contributed by atoms with Gasteiger partial charge in [0.2, 0.25) is 0 Å². The summed E-state index contributed by atoms with van der Waals surface area (Å²) in [5, 5.41) is 0. The van der Waals surface area contributed by atoms with Crippen molar-refractivity contribution in [2.24, 2.45) is 0 Å². The molecule has 1 aromatic heterocycles. The van der Waals surface area contributed by atoms with Gasteiger partial charge in [-0.2, -0.15) is 0 Å². The second-order valence-electron chi connectivity index (χ2n) is 6.97. The molecule has 2 aromatic carbocycles. The number of nitrogens with zero attached hydrogens (tertiary/aromatic N) is 1. The molecular formula is C26H25NO5. The predicted octanol–water partition coefficient (Wildman–Crippen LogP) is 4.63. The Bertz CT molecular complexity index is 1120. The summed E-state index contributed by atoms with van der Waals surface area (Å²) in [6.45, 7) is 4.26. The average molecular weight is 431 g/mol. The van der Waals surface area contributed by atoms with E-state index >= 15 is 0 Å². The van der Waals surface area contributed by atoms with Gasteiger partial charge in [-0.1, -0.05) is 18.1 Å². The highest BCUT2D eigenvalue weighted by Crippen LogP contribution is 2.29. The summed E-state index contributed by atoms with van der Waals surface area (Å²) in [7, 11) is 0. The SMILES string of the molecule is C#Cc1cn(-c2ccc(C(=O)OCC)cc2)cc1-c1cccc(OCCCOC(C)=O)c1. The van der Waals surface area contributed by atoms with Crippen LogP contribution in [0, 0.1) is 12.3 Å². The van der Waals surface area contributed by atoms with Gasteiger partial charge < -0.3 is 18.8 Å². The maximum absolute atomic E-state index is 11.9. The van der Waals surface area contributed by atoms with Gasteiger partial charge in [0.05, 0.1) is 30.9 Å². The molecule has 0 atom stereocenters. The molecule has 3 aromatic rings. The topological polar surface area (TPSA) is 66.8 Å². The van der Waals surface area contributed by atoms with E-state index in [2.05, 4.69) is 5.92 Å². The lowest BCUT2D eigenvalue weighted by Gasteiger charge is -2.08. The molecule has 0 saturated heterocycles. The molecule has 0 aliphatic carbocycles. The van der Waals surface area contributed by atoms with Crippen molar-refractivity contribution in [2.45, 2.75) is 20.3 Å². The Hall–Kier alpha value is -3.98. The molecule has 0 N–H and O–H groups in total. The highest BCUT2D eigenvalue weighted by atomic mass is 16.5. The van der Waals surface area contributed by atoms with Crippen LogP contribution in [0.1, 0.15) is 36.2 Å². The molecule has 3 rings (SSSR count). The molecule has 32 heavy (non-hydrogen) atoms. The van der Waals surface area contributed by atoms with E-state index < -0.39 is 0 Å². The van der Waals surface area contributed by atoms with Crippen molar-refractivity contribution in [3.05, 3.63) is 72.1 Å². The quantitative estimate of drug-likeness (QED) is 0.281. The van der Waals surface area contributed by atoms with Crippen LogP contribution in [-0.4, -0.2) is 36.3 Å². The van der Waals surface area contributed by atoms with Crippen molar-refractivity contribution in [2.75, 3.05) is 19.8 Å². The molecule has 6 heteroatoms. The number of benzene rings is 2. The molecule has 0 bridgehead atoms. The fourth-order valence-corrected chi connectivity index (χ4v) is 3.15. The summed E-state index contributed by atoms with van der Waals surface area (Å²) in [4.78, 5) is 22.7. The van der Waals surface area contributed by atoms with Gasteiger partial charge >= 0.3 is 11.9 Å². The van der Waals surface area contributed by atoms with E-state index in [0.717, 1.165) is 22.4 Å². The van der Waals surface area contributed by atoms with Crippen molar-refractivity contribution in [3.63, 3.8) is 0 Å². The van der Waals surface area contributed by atoms with Gasteiger partial charge in [0.25, 0.3) is 0 Å². The molecule has 0 saturated carbocycles. The number of terminal acetylenes is 1. The molecule has 0 aliphatic heterocycles. The number of hydrogen-bond donors (Lipinski definition) is 0. The molecule has 0 amide bonds. The molecule has 0 spiro atoms. The Kier molecular flexibility index (Phi) is 7.71. The number of carbonyl (C=O) groups is 2. The summed E-state index contributed by atoms with van der Waals surface area (Å²) >= 11 is 0. The van der Waals surface area contributed by atoms with E-state index in [1.165, 1.54) is 6.92 Å². The third kappa shape index (κ3) is 5.79. The summed E-state index contributed by atoms with van der Waals surface area (Å²) < 4.78 is 17.6. The lowest BCUT2D eigenvalue weighted by molar-refractivity contribution is -0.141. The van der Waals surface area contributed by atoms with Crippen LogP contribution in [0.4, 0.5) is 0 Å². The Balaban J connectivity index is 1.76. The Labute approximate surface area is 187 Å². The molecule has 1 heterocycles. The highest BCUT2D eigenvalue weighted by molar-refractivity contribution is 5.89. The number of esters is 2. The number of hydrogen-bond acceptors (Lipinski definition) is 5. The predicted molar refractivity (Wildman–Crippen MR) is 122 cm³/mol. The van der Waals surface area contributed by atoms with Gasteiger partial charge in [0, 0.05) is 37.0 Å². The maximum Gasteiger partial charge on any atom is 0.338 e. The zero-order chi connectivity index (χ0) is 22.9. The van der Waals surface area contributed by atoms with E-state index in [9.17, 15) is 9.59 Å². The third-order valence-corrected chi connectivity index (χ3v) is 4.67. The van der Waals surface area contributed by atoms with Gasteiger partial charge in [-0.3, -0.25) is 4.79 Å². The fraction of sp³-hybridized carbons (Fsp3) is 0.231. The minimum atomic E-state index is -0.346. The first-order valence-electron chi connectivity index (χ1n) is 10.3. The molecule has 0 radical (unpaired) electrons. The fourth-order valence-electron chi connectivity index (χ4n) is 3.15. The van der Waals surface area contributed by atoms with Crippen LogP contribution in [0.15, 0.2) is 60.9 Å². The minimum Gasteiger partial charge on any atom is -0.493 e. The molecule has 6 nitrogen and oxygen atoms in total. The molecular weight excluding hydrogens is 406 g/mol. The van der Waals surface area contributed by atoms with Crippen LogP contribution < -0.4 is 4.74 Å². The Morgan fingerprint density at radius 2 is 1.81 bits per heavy atom. The zero-order valence-corrected chi connectivity index (χ0v) is 18.2. The zero-order valence-electron chi connectivity index (χ0n) is 18.2. The number of rotatable bonds is 9. The van der Waals surface area contributed by atoms with E-state index in [-0.39, 0.29) is 11.9 Å². The van der Waals surface area contributed by atoms with Crippen molar-refractivity contribution in [3.8, 4) is 34.9 Å².